The number of ether oxygens (including phenoxy) is 1. The van der Waals surface area contributed by atoms with E-state index in [0.717, 1.165) is 49.7 Å². The quantitative estimate of drug-likeness (QED) is 0.783. The van der Waals surface area contributed by atoms with Crippen LogP contribution in [0.5, 0.6) is 0 Å². The standard InChI is InChI=1S/C19H27N5O/c1-25-13-8-18(21)19-7-6-17(14-22-19)24-11-9-23(10-12-24)16-4-2-15(20)3-5-16/h2-7,14,18H,8-13,20-21H2,1H3. The highest BCUT2D eigenvalue weighted by atomic mass is 16.5. The van der Waals surface area contributed by atoms with Gasteiger partial charge in [0.2, 0.25) is 0 Å². The van der Waals surface area contributed by atoms with Gasteiger partial charge < -0.3 is 26.0 Å². The zero-order valence-electron chi connectivity index (χ0n) is 14.8. The van der Waals surface area contributed by atoms with Crippen LogP contribution in [0.15, 0.2) is 42.6 Å². The van der Waals surface area contributed by atoms with Gasteiger partial charge >= 0.3 is 0 Å². The minimum absolute atomic E-state index is 0.0728. The Labute approximate surface area is 149 Å². The molecule has 25 heavy (non-hydrogen) atoms. The van der Waals surface area contributed by atoms with Gasteiger partial charge in [-0.2, -0.15) is 0 Å². The fourth-order valence-corrected chi connectivity index (χ4v) is 3.10. The Bertz CT molecular complexity index is 651. The van der Waals surface area contributed by atoms with Gasteiger partial charge in [-0.3, -0.25) is 4.98 Å². The van der Waals surface area contributed by atoms with E-state index in [4.69, 9.17) is 16.2 Å². The lowest BCUT2D eigenvalue weighted by atomic mass is 10.1. The van der Waals surface area contributed by atoms with E-state index in [1.54, 1.807) is 7.11 Å². The smallest absolute Gasteiger partial charge is 0.0573 e. The average Bonchev–Trinajstić information content (AvgIpc) is 2.67. The highest BCUT2D eigenvalue weighted by Crippen LogP contribution is 2.22. The van der Waals surface area contributed by atoms with E-state index < -0.39 is 0 Å². The van der Waals surface area contributed by atoms with Crippen LogP contribution in [0.3, 0.4) is 0 Å². The molecule has 0 radical (unpaired) electrons. The molecule has 1 fully saturated rings. The Kier molecular flexibility index (Phi) is 5.73. The van der Waals surface area contributed by atoms with E-state index in [1.807, 2.05) is 24.4 Å². The van der Waals surface area contributed by atoms with Crippen LogP contribution in [0, 0.1) is 0 Å². The Morgan fingerprint density at radius 1 is 1.00 bits per heavy atom. The summed E-state index contributed by atoms with van der Waals surface area (Å²) >= 11 is 0. The second-order valence-electron chi connectivity index (χ2n) is 6.39. The lowest BCUT2D eigenvalue weighted by Crippen LogP contribution is -2.46. The van der Waals surface area contributed by atoms with Crippen molar-refractivity contribution in [1.29, 1.82) is 0 Å². The maximum absolute atomic E-state index is 6.13. The number of methoxy groups -OCH3 is 1. The molecule has 0 aliphatic carbocycles. The topological polar surface area (TPSA) is 80.6 Å². The number of rotatable bonds is 6. The van der Waals surface area contributed by atoms with Gasteiger partial charge in [-0.25, -0.2) is 0 Å². The molecule has 1 unspecified atom stereocenters. The molecule has 1 aromatic carbocycles. The summed E-state index contributed by atoms with van der Waals surface area (Å²) in [6.45, 7) is 4.57. The zero-order chi connectivity index (χ0) is 17.6. The van der Waals surface area contributed by atoms with Crippen molar-refractivity contribution in [3.63, 3.8) is 0 Å². The third-order valence-electron chi connectivity index (χ3n) is 4.69. The number of anilines is 3. The van der Waals surface area contributed by atoms with Crippen LogP contribution >= 0.6 is 0 Å². The summed E-state index contributed by atoms with van der Waals surface area (Å²) in [6, 6.07) is 12.2. The molecule has 2 aromatic rings. The fraction of sp³-hybridized carbons (Fsp3) is 0.421. The van der Waals surface area contributed by atoms with Crippen LogP contribution in [-0.2, 0) is 4.74 Å². The first-order valence-corrected chi connectivity index (χ1v) is 8.73. The summed E-state index contributed by atoms with van der Waals surface area (Å²) in [6.07, 6.45) is 2.71. The molecule has 0 amide bonds. The van der Waals surface area contributed by atoms with Gasteiger partial charge in [0.1, 0.15) is 0 Å². The molecular weight excluding hydrogens is 314 g/mol. The minimum Gasteiger partial charge on any atom is -0.399 e. The van der Waals surface area contributed by atoms with Crippen LogP contribution in [-0.4, -0.2) is 44.9 Å². The molecule has 2 heterocycles. The second-order valence-corrected chi connectivity index (χ2v) is 6.39. The highest BCUT2D eigenvalue weighted by Gasteiger charge is 2.18. The first-order chi connectivity index (χ1) is 12.2. The van der Waals surface area contributed by atoms with Crippen molar-refractivity contribution < 1.29 is 4.74 Å². The molecule has 1 saturated heterocycles. The summed E-state index contributed by atoms with van der Waals surface area (Å²) < 4.78 is 5.08. The van der Waals surface area contributed by atoms with E-state index in [9.17, 15) is 0 Å². The molecule has 0 spiro atoms. The molecule has 4 N–H and O–H groups in total. The van der Waals surface area contributed by atoms with Crippen molar-refractivity contribution >= 4 is 17.1 Å². The third-order valence-corrected chi connectivity index (χ3v) is 4.69. The van der Waals surface area contributed by atoms with Crippen LogP contribution in [0.25, 0.3) is 0 Å². The summed E-state index contributed by atoms with van der Waals surface area (Å²) in [7, 11) is 1.69. The zero-order valence-corrected chi connectivity index (χ0v) is 14.8. The summed E-state index contributed by atoms with van der Waals surface area (Å²) in [5, 5.41) is 0. The van der Waals surface area contributed by atoms with E-state index in [1.165, 1.54) is 5.69 Å². The predicted molar refractivity (Wildman–Crippen MR) is 103 cm³/mol. The molecule has 134 valence electrons. The molecular formula is C19H27N5O. The first kappa shape index (κ1) is 17.5. The minimum atomic E-state index is -0.0728. The van der Waals surface area contributed by atoms with Crippen LogP contribution in [0.1, 0.15) is 18.2 Å². The predicted octanol–water partition coefficient (Wildman–Crippen LogP) is 2.03. The Balaban J connectivity index is 1.56. The van der Waals surface area contributed by atoms with Crippen LogP contribution in [0.4, 0.5) is 17.1 Å². The number of nitrogens with zero attached hydrogens (tertiary/aromatic N) is 3. The second kappa shape index (κ2) is 8.18. The Hall–Kier alpha value is -2.31. The Morgan fingerprint density at radius 2 is 1.60 bits per heavy atom. The maximum Gasteiger partial charge on any atom is 0.0573 e. The van der Waals surface area contributed by atoms with E-state index in [2.05, 4.69) is 33.0 Å². The summed E-state index contributed by atoms with van der Waals surface area (Å²) in [5.41, 5.74) is 16.0. The molecule has 6 heteroatoms. The third kappa shape index (κ3) is 4.41. The monoisotopic (exact) mass is 341 g/mol. The highest BCUT2D eigenvalue weighted by molar-refractivity contribution is 5.55. The van der Waals surface area contributed by atoms with E-state index in [0.29, 0.717) is 6.61 Å². The summed E-state index contributed by atoms with van der Waals surface area (Å²) in [4.78, 5) is 9.30. The molecule has 0 saturated carbocycles. The van der Waals surface area contributed by atoms with Crippen molar-refractivity contribution in [1.82, 2.24) is 4.98 Å². The summed E-state index contributed by atoms with van der Waals surface area (Å²) in [5.74, 6) is 0. The SMILES string of the molecule is COCCC(N)c1ccc(N2CCN(c3ccc(N)cc3)CC2)cn1. The van der Waals surface area contributed by atoms with Crippen molar-refractivity contribution in [2.75, 3.05) is 55.4 Å². The van der Waals surface area contributed by atoms with Gasteiger partial charge in [-0.15, -0.1) is 0 Å². The van der Waals surface area contributed by atoms with Gasteiger partial charge in [0.15, 0.2) is 0 Å². The van der Waals surface area contributed by atoms with Crippen molar-refractivity contribution in [3.8, 4) is 0 Å². The van der Waals surface area contributed by atoms with Gasteiger partial charge in [0, 0.05) is 57.3 Å². The normalized spacial score (nSPS) is 16.1. The van der Waals surface area contributed by atoms with Crippen molar-refractivity contribution in [2.24, 2.45) is 5.73 Å². The van der Waals surface area contributed by atoms with E-state index in [-0.39, 0.29) is 6.04 Å². The molecule has 6 nitrogen and oxygen atoms in total. The molecule has 3 rings (SSSR count). The molecule has 1 aliphatic heterocycles. The van der Waals surface area contributed by atoms with E-state index >= 15 is 0 Å². The molecule has 0 bridgehead atoms. The lowest BCUT2D eigenvalue weighted by molar-refractivity contribution is 0.187. The number of aromatic nitrogens is 1. The maximum atomic E-state index is 6.13. The number of pyridine rings is 1. The Morgan fingerprint density at radius 3 is 2.16 bits per heavy atom. The van der Waals surface area contributed by atoms with Crippen molar-refractivity contribution in [3.05, 3.63) is 48.3 Å². The number of nitrogens with two attached hydrogens (primary N) is 2. The lowest BCUT2D eigenvalue weighted by Gasteiger charge is -2.37. The first-order valence-electron chi connectivity index (χ1n) is 8.73. The van der Waals surface area contributed by atoms with Gasteiger partial charge in [0.05, 0.1) is 17.6 Å². The molecule has 1 aliphatic rings. The number of nitrogen functional groups attached to an aromatic ring is 1. The van der Waals surface area contributed by atoms with Crippen LogP contribution in [0.2, 0.25) is 0 Å². The number of hydrogen-bond acceptors (Lipinski definition) is 6. The van der Waals surface area contributed by atoms with Gasteiger partial charge in [-0.1, -0.05) is 0 Å². The average molecular weight is 341 g/mol. The van der Waals surface area contributed by atoms with Gasteiger partial charge in [-0.05, 0) is 42.8 Å². The number of hydrogen-bond donors (Lipinski definition) is 2. The van der Waals surface area contributed by atoms with Gasteiger partial charge in [0.25, 0.3) is 0 Å². The largest absolute Gasteiger partial charge is 0.399 e. The van der Waals surface area contributed by atoms with Crippen molar-refractivity contribution in [2.45, 2.75) is 12.5 Å². The number of piperazine rings is 1. The molecule has 1 atom stereocenters. The fourth-order valence-electron chi connectivity index (χ4n) is 3.10. The number of benzene rings is 1. The van der Waals surface area contributed by atoms with Crippen LogP contribution < -0.4 is 21.3 Å². The molecule has 1 aromatic heterocycles.